The molecule has 118 valence electrons. The summed E-state index contributed by atoms with van der Waals surface area (Å²) < 4.78 is 32.8. The monoisotopic (exact) mass is 323 g/mol. The fourth-order valence-corrected chi connectivity index (χ4v) is 2.88. The standard InChI is InChI=1S/C14H17N3O4S/c1-11-9-15-17(10-11)7-6-14(18)16-22(19,20)13-5-3-4-12(8-13)21-2/h3-5,8-10H,6-7H2,1-2H3,(H,16,18). The van der Waals surface area contributed by atoms with E-state index >= 15 is 0 Å². The van der Waals surface area contributed by atoms with Crippen LogP contribution in [0.15, 0.2) is 41.6 Å². The Morgan fingerprint density at radius 2 is 2.18 bits per heavy atom. The maximum Gasteiger partial charge on any atom is 0.264 e. The number of nitrogens with zero attached hydrogens (tertiary/aromatic N) is 2. The topological polar surface area (TPSA) is 90.3 Å². The van der Waals surface area contributed by atoms with Crippen LogP contribution in [-0.4, -0.2) is 31.2 Å². The van der Waals surface area contributed by atoms with Gasteiger partial charge in [0.2, 0.25) is 5.91 Å². The second kappa shape index (κ2) is 6.61. The predicted octanol–water partition coefficient (Wildman–Crippen LogP) is 1.10. The third-order valence-electron chi connectivity index (χ3n) is 2.93. The van der Waals surface area contributed by atoms with Gasteiger partial charge in [0.1, 0.15) is 5.75 Å². The summed E-state index contributed by atoms with van der Waals surface area (Å²) >= 11 is 0. The molecule has 0 aliphatic carbocycles. The lowest BCUT2D eigenvalue weighted by atomic mass is 10.3. The van der Waals surface area contributed by atoms with E-state index in [-0.39, 0.29) is 11.3 Å². The molecule has 1 heterocycles. The Kier molecular flexibility index (Phi) is 4.81. The molecule has 8 heteroatoms. The number of amides is 1. The summed E-state index contributed by atoms with van der Waals surface area (Å²) in [6.07, 6.45) is 3.47. The summed E-state index contributed by atoms with van der Waals surface area (Å²) in [4.78, 5) is 11.8. The van der Waals surface area contributed by atoms with Gasteiger partial charge < -0.3 is 4.74 Å². The number of rotatable bonds is 6. The minimum absolute atomic E-state index is 0.0182. The van der Waals surface area contributed by atoms with Crippen molar-refractivity contribution in [3.8, 4) is 5.75 Å². The predicted molar refractivity (Wildman–Crippen MR) is 79.9 cm³/mol. The number of carbonyl (C=O) groups excluding carboxylic acids is 1. The SMILES string of the molecule is COc1cccc(S(=O)(=O)NC(=O)CCn2cc(C)cn2)c1. The molecular weight excluding hydrogens is 306 g/mol. The summed E-state index contributed by atoms with van der Waals surface area (Å²) in [6, 6.07) is 5.92. The quantitative estimate of drug-likeness (QED) is 0.859. The van der Waals surface area contributed by atoms with Crippen LogP contribution in [-0.2, 0) is 21.4 Å². The fraction of sp³-hybridized carbons (Fsp3) is 0.286. The number of aromatic nitrogens is 2. The zero-order valence-corrected chi connectivity index (χ0v) is 13.1. The summed E-state index contributed by atoms with van der Waals surface area (Å²) in [6.45, 7) is 2.20. The summed E-state index contributed by atoms with van der Waals surface area (Å²) in [5.41, 5.74) is 0.976. The van der Waals surface area contributed by atoms with Crippen molar-refractivity contribution < 1.29 is 17.9 Å². The molecule has 0 saturated carbocycles. The lowest BCUT2D eigenvalue weighted by molar-refractivity contribution is -0.119. The first kappa shape index (κ1) is 16.0. The third kappa shape index (κ3) is 4.08. The average molecular weight is 323 g/mol. The maximum atomic E-state index is 12.1. The Morgan fingerprint density at radius 3 is 2.82 bits per heavy atom. The van der Waals surface area contributed by atoms with Gasteiger partial charge in [0.25, 0.3) is 10.0 Å². The van der Waals surface area contributed by atoms with Gasteiger partial charge in [-0.2, -0.15) is 5.10 Å². The van der Waals surface area contributed by atoms with E-state index in [4.69, 9.17) is 4.74 Å². The number of ether oxygens (including phenoxy) is 1. The number of benzene rings is 1. The molecule has 0 bridgehead atoms. The fourth-order valence-electron chi connectivity index (χ4n) is 1.83. The molecule has 1 aromatic carbocycles. The van der Waals surface area contributed by atoms with Gasteiger partial charge in [-0.25, -0.2) is 13.1 Å². The van der Waals surface area contributed by atoms with Gasteiger partial charge in [0.05, 0.1) is 18.2 Å². The molecule has 0 atom stereocenters. The largest absolute Gasteiger partial charge is 0.497 e. The Morgan fingerprint density at radius 1 is 1.41 bits per heavy atom. The summed E-state index contributed by atoms with van der Waals surface area (Å²) in [5.74, 6) is -0.182. The normalized spacial score (nSPS) is 11.2. The number of nitrogens with one attached hydrogen (secondary N) is 1. The zero-order valence-electron chi connectivity index (χ0n) is 12.3. The van der Waals surface area contributed by atoms with Gasteiger partial charge in [0.15, 0.2) is 0 Å². The first-order chi connectivity index (χ1) is 10.4. The Hall–Kier alpha value is -2.35. The molecule has 0 spiro atoms. The Balaban J connectivity index is 1.99. The number of hydrogen-bond acceptors (Lipinski definition) is 5. The number of hydrogen-bond donors (Lipinski definition) is 1. The highest BCUT2D eigenvalue weighted by Crippen LogP contribution is 2.16. The van der Waals surface area contributed by atoms with Crippen LogP contribution < -0.4 is 9.46 Å². The second-order valence-electron chi connectivity index (χ2n) is 4.74. The van der Waals surface area contributed by atoms with Crippen LogP contribution in [0.3, 0.4) is 0 Å². The highest BCUT2D eigenvalue weighted by atomic mass is 32.2. The van der Waals surface area contributed by atoms with Crippen LogP contribution in [0.1, 0.15) is 12.0 Å². The van der Waals surface area contributed by atoms with Crippen molar-refractivity contribution in [2.24, 2.45) is 0 Å². The lowest BCUT2D eigenvalue weighted by Crippen LogP contribution is -2.31. The third-order valence-corrected chi connectivity index (χ3v) is 4.30. The van der Waals surface area contributed by atoms with Crippen LogP contribution in [0.4, 0.5) is 0 Å². The van der Waals surface area contributed by atoms with E-state index in [9.17, 15) is 13.2 Å². The molecule has 1 aromatic heterocycles. The van der Waals surface area contributed by atoms with E-state index in [2.05, 4.69) is 5.10 Å². The number of methoxy groups -OCH3 is 1. The zero-order chi connectivity index (χ0) is 16.2. The average Bonchev–Trinajstić information content (AvgIpc) is 2.90. The maximum absolute atomic E-state index is 12.1. The van der Waals surface area contributed by atoms with Crippen molar-refractivity contribution in [3.05, 3.63) is 42.2 Å². The van der Waals surface area contributed by atoms with Gasteiger partial charge in [-0.05, 0) is 24.6 Å². The van der Waals surface area contributed by atoms with Crippen molar-refractivity contribution in [1.82, 2.24) is 14.5 Å². The number of aryl methyl sites for hydroxylation is 2. The van der Waals surface area contributed by atoms with Gasteiger partial charge in [0, 0.05) is 25.2 Å². The molecule has 2 rings (SSSR count). The molecule has 0 aliphatic heterocycles. The van der Waals surface area contributed by atoms with Crippen LogP contribution in [0.25, 0.3) is 0 Å². The van der Waals surface area contributed by atoms with Gasteiger partial charge >= 0.3 is 0 Å². The molecule has 0 unspecified atom stereocenters. The second-order valence-corrected chi connectivity index (χ2v) is 6.42. The van der Waals surface area contributed by atoms with E-state index in [0.717, 1.165) is 5.56 Å². The number of carbonyl (C=O) groups is 1. The van der Waals surface area contributed by atoms with Crippen LogP contribution in [0.2, 0.25) is 0 Å². The minimum Gasteiger partial charge on any atom is -0.497 e. The molecule has 1 amide bonds. The molecule has 22 heavy (non-hydrogen) atoms. The Bertz CT molecular complexity index is 768. The number of sulfonamides is 1. The van der Waals surface area contributed by atoms with Crippen molar-refractivity contribution in [3.63, 3.8) is 0 Å². The van der Waals surface area contributed by atoms with Gasteiger partial charge in [-0.1, -0.05) is 6.07 Å². The first-order valence-corrected chi connectivity index (χ1v) is 8.08. The van der Waals surface area contributed by atoms with Crippen molar-refractivity contribution in [2.75, 3.05) is 7.11 Å². The van der Waals surface area contributed by atoms with Crippen molar-refractivity contribution in [2.45, 2.75) is 24.8 Å². The first-order valence-electron chi connectivity index (χ1n) is 6.59. The minimum atomic E-state index is -3.90. The van der Waals surface area contributed by atoms with Crippen molar-refractivity contribution in [1.29, 1.82) is 0 Å². The molecule has 0 aliphatic rings. The van der Waals surface area contributed by atoms with E-state index in [1.54, 1.807) is 29.2 Å². The molecule has 0 fully saturated rings. The van der Waals surface area contributed by atoms with Crippen LogP contribution in [0, 0.1) is 6.92 Å². The smallest absolute Gasteiger partial charge is 0.264 e. The van der Waals surface area contributed by atoms with Gasteiger partial charge in [-0.3, -0.25) is 9.48 Å². The van der Waals surface area contributed by atoms with Crippen molar-refractivity contribution >= 4 is 15.9 Å². The van der Waals surface area contributed by atoms with E-state index in [0.29, 0.717) is 12.3 Å². The van der Waals surface area contributed by atoms with E-state index < -0.39 is 15.9 Å². The molecular formula is C14H17N3O4S. The highest BCUT2D eigenvalue weighted by molar-refractivity contribution is 7.90. The van der Waals surface area contributed by atoms with Gasteiger partial charge in [-0.15, -0.1) is 0 Å². The van der Waals surface area contributed by atoms with E-state index in [1.807, 2.05) is 11.6 Å². The molecule has 1 N–H and O–H groups in total. The summed E-state index contributed by atoms with van der Waals surface area (Å²) in [5, 5.41) is 4.04. The molecule has 0 radical (unpaired) electrons. The molecule has 2 aromatic rings. The lowest BCUT2D eigenvalue weighted by Gasteiger charge is -2.08. The van der Waals surface area contributed by atoms with Crippen LogP contribution in [0.5, 0.6) is 5.75 Å². The Labute approximate surface area is 129 Å². The van der Waals surface area contributed by atoms with E-state index in [1.165, 1.54) is 19.2 Å². The molecule has 7 nitrogen and oxygen atoms in total. The summed E-state index contributed by atoms with van der Waals surface area (Å²) in [7, 11) is -2.46. The highest BCUT2D eigenvalue weighted by Gasteiger charge is 2.18. The molecule has 0 saturated heterocycles. The van der Waals surface area contributed by atoms with Crippen LogP contribution >= 0.6 is 0 Å².